The maximum Gasteiger partial charge on any atom is 0.435 e. The van der Waals surface area contributed by atoms with E-state index in [0.29, 0.717) is 36.9 Å². The van der Waals surface area contributed by atoms with E-state index < -0.39 is 11.9 Å². The van der Waals surface area contributed by atoms with Gasteiger partial charge in [0, 0.05) is 38.1 Å². The summed E-state index contributed by atoms with van der Waals surface area (Å²) in [5, 5.41) is 3.56. The highest BCUT2D eigenvalue weighted by Crippen LogP contribution is 2.30. The maximum atomic E-state index is 12.8. The first-order valence-corrected chi connectivity index (χ1v) is 6.69. The van der Waals surface area contributed by atoms with Crippen molar-refractivity contribution in [1.82, 2.24) is 14.6 Å². The van der Waals surface area contributed by atoms with Crippen LogP contribution in [0.15, 0.2) is 18.5 Å². The minimum atomic E-state index is -4.47. The fourth-order valence-electron chi connectivity index (χ4n) is 2.17. The second kappa shape index (κ2) is 5.88. The Labute approximate surface area is 120 Å². The minimum absolute atomic E-state index is 0.332. The van der Waals surface area contributed by atoms with E-state index >= 15 is 0 Å². The zero-order chi connectivity index (χ0) is 15.6. The van der Waals surface area contributed by atoms with Crippen LogP contribution < -0.4 is 10.6 Å². The van der Waals surface area contributed by atoms with Gasteiger partial charge in [-0.25, -0.2) is 9.50 Å². The van der Waals surface area contributed by atoms with Crippen LogP contribution >= 0.6 is 0 Å². The van der Waals surface area contributed by atoms with Crippen molar-refractivity contribution < 1.29 is 13.2 Å². The van der Waals surface area contributed by atoms with Gasteiger partial charge in [0.2, 0.25) is 0 Å². The van der Waals surface area contributed by atoms with E-state index in [-0.39, 0.29) is 0 Å². The van der Waals surface area contributed by atoms with Gasteiger partial charge in [-0.05, 0) is 5.92 Å². The Hall–Kier alpha value is -1.83. The molecule has 0 aliphatic carbocycles. The van der Waals surface area contributed by atoms with Crippen LogP contribution in [0, 0.1) is 5.92 Å². The Kier molecular flexibility index (Phi) is 4.36. The first kappa shape index (κ1) is 15.6. The Morgan fingerprint density at radius 3 is 2.67 bits per heavy atom. The molecule has 0 aliphatic rings. The smallest absolute Gasteiger partial charge is 0.353 e. The van der Waals surface area contributed by atoms with Gasteiger partial charge in [0.25, 0.3) is 0 Å². The quantitative estimate of drug-likeness (QED) is 0.919. The molecule has 0 unspecified atom stereocenters. The number of nitrogens with zero attached hydrogens (tertiary/aromatic N) is 4. The molecule has 2 aromatic heterocycles. The van der Waals surface area contributed by atoms with Gasteiger partial charge in [-0.2, -0.15) is 18.3 Å². The maximum absolute atomic E-state index is 12.8. The van der Waals surface area contributed by atoms with Gasteiger partial charge in [-0.1, -0.05) is 13.8 Å². The standard InChI is InChI=1S/C13H18F3N5/c1-9(2)8-20(5-3-17)12-10-7-11(13(14,15)16)19-21(10)6-4-18-12/h4,6-7,9H,3,5,8,17H2,1-2H3. The second-order valence-electron chi connectivity index (χ2n) is 5.24. The van der Waals surface area contributed by atoms with Crippen LogP contribution in [0.3, 0.4) is 0 Å². The van der Waals surface area contributed by atoms with E-state index in [2.05, 4.69) is 10.1 Å². The lowest BCUT2D eigenvalue weighted by Gasteiger charge is -2.25. The minimum Gasteiger partial charge on any atom is -0.353 e. The molecule has 2 N–H and O–H groups in total. The third kappa shape index (κ3) is 3.44. The largest absolute Gasteiger partial charge is 0.435 e. The van der Waals surface area contributed by atoms with Gasteiger partial charge in [-0.3, -0.25) is 0 Å². The number of alkyl halides is 3. The van der Waals surface area contributed by atoms with Crippen molar-refractivity contribution in [2.24, 2.45) is 11.7 Å². The van der Waals surface area contributed by atoms with E-state index in [1.165, 1.54) is 16.9 Å². The van der Waals surface area contributed by atoms with Crippen molar-refractivity contribution >= 4 is 11.3 Å². The van der Waals surface area contributed by atoms with Crippen LogP contribution in [0.2, 0.25) is 0 Å². The molecule has 0 saturated carbocycles. The summed E-state index contributed by atoms with van der Waals surface area (Å²) in [5.74, 6) is 0.809. The molecule has 0 aliphatic heterocycles. The molecule has 0 fully saturated rings. The zero-order valence-electron chi connectivity index (χ0n) is 11.9. The Morgan fingerprint density at radius 2 is 2.10 bits per heavy atom. The summed E-state index contributed by atoms with van der Waals surface area (Å²) in [5.41, 5.74) is 5.00. The predicted octanol–water partition coefficient (Wildman–Crippen LogP) is 2.17. The van der Waals surface area contributed by atoms with E-state index in [0.717, 1.165) is 6.07 Å². The number of anilines is 1. The van der Waals surface area contributed by atoms with Crippen LogP contribution in [0.25, 0.3) is 5.52 Å². The lowest BCUT2D eigenvalue weighted by Crippen LogP contribution is -2.33. The molecule has 0 saturated heterocycles. The van der Waals surface area contributed by atoms with E-state index in [9.17, 15) is 13.2 Å². The lowest BCUT2D eigenvalue weighted by atomic mass is 10.2. The molecule has 0 spiro atoms. The Morgan fingerprint density at radius 1 is 1.38 bits per heavy atom. The summed E-state index contributed by atoms with van der Waals surface area (Å²) in [6.07, 6.45) is -1.62. The molecule has 0 radical (unpaired) electrons. The van der Waals surface area contributed by atoms with Crippen LogP contribution in [0.4, 0.5) is 19.0 Å². The van der Waals surface area contributed by atoms with Crippen molar-refractivity contribution in [3.8, 4) is 0 Å². The number of hydrogen-bond donors (Lipinski definition) is 1. The predicted molar refractivity (Wildman–Crippen MR) is 74.1 cm³/mol. The number of rotatable bonds is 5. The van der Waals surface area contributed by atoms with Crippen LogP contribution in [0.1, 0.15) is 19.5 Å². The zero-order valence-corrected chi connectivity index (χ0v) is 11.9. The van der Waals surface area contributed by atoms with Crippen molar-refractivity contribution in [2.75, 3.05) is 24.5 Å². The van der Waals surface area contributed by atoms with E-state index in [4.69, 9.17) is 5.73 Å². The summed E-state index contributed by atoms with van der Waals surface area (Å²) in [4.78, 5) is 6.11. The molecule has 8 heteroatoms. The summed E-state index contributed by atoms with van der Waals surface area (Å²) < 4.78 is 39.6. The SMILES string of the molecule is CC(C)CN(CCN)c1nccn2nc(C(F)(F)F)cc12. The molecule has 0 amide bonds. The van der Waals surface area contributed by atoms with Crippen LogP contribution in [-0.2, 0) is 6.18 Å². The third-order valence-corrected chi connectivity index (χ3v) is 2.94. The third-order valence-electron chi connectivity index (χ3n) is 2.94. The molecular weight excluding hydrogens is 283 g/mol. The van der Waals surface area contributed by atoms with Crippen molar-refractivity contribution in [2.45, 2.75) is 20.0 Å². The first-order valence-electron chi connectivity index (χ1n) is 6.69. The topological polar surface area (TPSA) is 59.5 Å². The number of hydrogen-bond acceptors (Lipinski definition) is 4. The average molecular weight is 301 g/mol. The van der Waals surface area contributed by atoms with Crippen LogP contribution in [0.5, 0.6) is 0 Å². The summed E-state index contributed by atoms with van der Waals surface area (Å²) in [7, 11) is 0. The molecule has 2 aromatic rings. The van der Waals surface area contributed by atoms with Gasteiger partial charge >= 0.3 is 6.18 Å². The molecule has 21 heavy (non-hydrogen) atoms. The number of fused-ring (bicyclic) bond motifs is 1. The normalized spacial score (nSPS) is 12.3. The fraction of sp³-hybridized carbons (Fsp3) is 0.538. The second-order valence-corrected chi connectivity index (χ2v) is 5.24. The van der Waals surface area contributed by atoms with Gasteiger partial charge in [-0.15, -0.1) is 0 Å². The molecule has 0 atom stereocenters. The molecule has 5 nitrogen and oxygen atoms in total. The summed E-state index contributed by atoms with van der Waals surface area (Å²) in [6, 6.07) is 1.02. The van der Waals surface area contributed by atoms with E-state index in [1.807, 2.05) is 18.7 Å². The summed E-state index contributed by atoms with van der Waals surface area (Å²) >= 11 is 0. The highest BCUT2D eigenvalue weighted by Gasteiger charge is 2.34. The molecule has 0 bridgehead atoms. The van der Waals surface area contributed by atoms with Gasteiger partial charge < -0.3 is 10.6 Å². The van der Waals surface area contributed by atoms with Gasteiger partial charge in [0.1, 0.15) is 5.52 Å². The molecule has 2 heterocycles. The number of aromatic nitrogens is 3. The highest BCUT2D eigenvalue weighted by molar-refractivity contribution is 5.69. The lowest BCUT2D eigenvalue weighted by molar-refractivity contribution is -0.141. The van der Waals surface area contributed by atoms with Crippen LogP contribution in [-0.4, -0.2) is 34.2 Å². The Bertz CT molecular complexity index is 605. The molecule has 0 aromatic carbocycles. The van der Waals surface area contributed by atoms with Gasteiger partial charge in [0.05, 0.1) is 0 Å². The highest BCUT2D eigenvalue weighted by atomic mass is 19.4. The first-order chi connectivity index (χ1) is 9.82. The van der Waals surface area contributed by atoms with Crippen molar-refractivity contribution in [1.29, 1.82) is 0 Å². The summed E-state index contributed by atoms with van der Waals surface area (Å²) in [6.45, 7) is 5.64. The fourth-order valence-corrected chi connectivity index (χ4v) is 2.17. The molecule has 2 rings (SSSR count). The van der Waals surface area contributed by atoms with Gasteiger partial charge in [0.15, 0.2) is 11.5 Å². The molecule has 116 valence electrons. The number of nitrogens with two attached hydrogens (primary N) is 1. The number of halogens is 3. The Balaban J connectivity index is 2.49. The monoisotopic (exact) mass is 301 g/mol. The van der Waals surface area contributed by atoms with Crippen molar-refractivity contribution in [3.63, 3.8) is 0 Å². The van der Waals surface area contributed by atoms with Crippen molar-refractivity contribution in [3.05, 3.63) is 24.2 Å². The van der Waals surface area contributed by atoms with E-state index in [1.54, 1.807) is 0 Å². The average Bonchev–Trinajstić information content (AvgIpc) is 2.81. The molecular formula is C13H18F3N5.